The highest BCUT2D eigenvalue weighted by Gasteiger charge is 2.22. The molecule has 1 heterocycles. The van der Waals surface area contributed by atoms with Gasteiger partial charge < -0.3 is 10.2 Å². The maximum Gasteiger partial charge on any atom is 0.236 e. The lowest BCUT2D eigenvalue weighted by Gasteiger charge is -2.34. The Morgan fingerprint density at radius 2 is 1.84 bits per heavy atom. The minimum atomic E-state index is 0.288. The number of rotatable bonds is 6. The first-order chi connectivity index (χ1) is 8.88. The summed E-state index contributed by atoms with van der Waals surface area (Å²) in [5.41, 5.74) is 0. The molecule has 0 aromatic carbocycles. The third-order valence-electron chi connectivity index (χ3n) is 3.34. The second kappa shape index (κ2) is 7.85. The van der Waals surface area contributed by atoms with Crippen molar-refractivity contribution in [2.24, 2.45) is 11.8 Å². The van der Waals surface area contributed by atoms with Crippen molar-refractivity contribution in [1.82, 2.24) is 15.1 Å². The third kappa shape index (κ3) is 6.39. The van der Waals surface area contributed by atoms with Gasteiger partial charge in [0.1, 0.15) is 0 Å². The van der Waals surface area contributed by atoms with E-state index in [0.29, 0.717) is 24.4 Å². The monoisotopic (exact) mass is 269 g/mol. The maximum atomic E-state index is 12.5. The summed E-state index contributed by atoms with van der Waals surface area (Å²) in [5, 5.41) is 3.41. The van der Waals surface area contributed by atoms with Crippen LogP contribution in [0.5, 0.6) is 0 Å². The number of carbonyl (C=O) groups excluding carboxylic acids is 1. The third-order valence-corrected chi connectivity index (χ3v) is 3.34. The summed E-state index contributed by atoms with van der Waals surface area (Å²) in [6.07, 6.45) is 0. The molecule has 1 aliphatic heterocycles. The molecule has 0 aromatic heterocycles. The second-order valence-corrected chi connectivity index (χ2v) is 6.68. The largest absolute Gasteiger partial charge is 0.341 e. The van der Waals surface area contributed by atoms with Gasteiger partial charge in [0.15, 0.2) is 0 Å². The molecule has 1 amide bonds. The smallest absolute Gasteiger partial charge is 0.236 e. The molecule has 0 bridgehead atoms. The molecule has 0 spiro atoms. The van der Waals surface area contributed by atoms with Crippen LogP contribution >= 0.6 is 0 Å². The molecule has 4 heteroatoms. The molecule has 1 N–H and O–H groups in total. The van der Waals surface area contributed by atoms with Crippen molar-refractivity contribution in [2.45, 2.75) is 40.7 Å². The van der Waals surface area contributed by atoms with Crippen LogP contribution < -0.4 is 5.32 Å². The van der Waals surface area contributed by atoms with E-state index in [2.05, 4.69) is 44.8 Å². The van der Waals surface area contributed by atoms with Gasteiger partial charge in [-0.15, -0.1) is 0 Å². The fourth-order valence-electron chi connectivity index (χ4n) is 2.61. The van der Waals surface area contributed by atoms with Gasteiger partial charge in [0.2, 0.25) is 5.91 Å². The molecule has 1 aliphatic rings. The topological polar surface area (TPSA) is 35.6 Å². The summed E-state index contributed by atoms with van der Waals surface area (Å²) in [7, 11) is 0. The SMILES string of the molecule is CC(C)CN(CC(C)C)C(=O)CN1CCN[C@H](C)C1. The van der Waals surface area contributed by atoms with Crippen LogP contribution in [0.15, 0.2) is 0 Å². The van der Waals surface area contributed by atoms with Gasteiger partial charge in [-0.2, -0.15) is 0 Å². The van der Waals surface area contributed by atoms with Gasteiger partial charge in [-0.1, -0.05) is 27.7 Å². The molecular weight excluding hydrogens is 238 g/mol. The summed E-state index contributed by atoms with van der Waals surface area (Å²) < 4.78 is 0. The van der Waals surface area contributed by atoms with Gasteiger partial charge in [-0.3, -0.25) is 9.69 Å². The predicted octanol–water partition coefficient (Wildman–Crippen LogP) is 1.42. The van der Waals surface area contributed by atoms with Gasteiger partial charge in [0.05, 0.1) is 6.54 Å². The zero-order chi connectivity index (χ0) is 14.4. The first-order valence-electron chi connectivity index (χ1n) is 7.62. The minimum Gasteiger partial charge on any atom is -0.341 e. The van der Waals surface area contributed by atoms with Gasteiger partial charge >= 0.3 is 0 Å². The highest BCUT2D eigenvalue weighted by molar-refractivity contribution is 5.78. The van der Waals surface area contributed by atoms with Crippen molar-refractivity contribution in [3.8, 4) is 0 Å². The van der Waals surface area contributed by atoms with E-state index < -0.39 is 0 Å². The molecule has 19 heavy (non-hydrogen) atoms. The average molecular weight is 269 g/mol. The maximum absolute atomic E-state index is 12.5. The van der Waals surface area contributed by atoms with Crippen LogP contribution in [0, 0.1) is 11.8 Å². The van der Waals surface area contributed by atoms with Crippen LogP contribution in [-0.4, -0.2) is 61.0 Å². The molecular formula is C15H31N3O. The molecule has 1 rings (SSSR count). The van der Waals surface area contributed by atoms with Crippen LogP contribution in [0.3, 0.4) is 0 Å². The number of hydrogen-bond acceptors (Lipinski definition) is 3. The summed E-state index contributed by atoms with van der Waals surface area (Å²) in [6.45, 7) is 16.1. The number of carbonyl (C=O) groups is 1. The molecule has 0 unspecified atom stereocenters. The molecule has 4 nitrogen and oxygen atoms in total. The van der Waals surface area contributed by atoms with Gasteiger partial charge in [-0.25, -0.2) is 0 Å². The van der Waals surface area contributed by atoms with Crippen molar-refractivity contribution in [3.05, 3.63) is 0 Å². The van der Waals surface area contributed by atoms with Crippen molar-refractivity contribution in [3.63, 3.8) is 0 Å². The van der Waals surface area contributed by atoms with Crippen LogP contribution in [0.25, 0.3) is 0 Å². The van der Waals surface area contributed by atoms with Crippen molar-refractivity contribution in [2.75, 3.05) is 39.3 Å². The fourth-order valence-corrected chi connectivity index (χ4v) is 2.61. The molecule has 0 aromatic rings. The number of piperazine rings is 1. The Morgan fingerprint density at radius 1 is 1.26 bits per heavy atom. The molecule has 112 valence electrons. The first-order valence-corrected chi connectivity index (χ1v) is 7.62. The zero-order valence-corrected chi connectivity index (χ0v) is 13.3. The highest BCUT2D eigenvalue weighted by Crippen LogP contribution is 2.06. The second-order valence-electron chi connectivity index (χ2n) is 6.68. The lowest BCUT2D eigenvalue weighted by atomic mass is 10.1. The van der Waals surface area contributed by atoms with E-state index in [1.54, 1.807) is 0 Å². The van der Waals surface area contributed by atoms with Gasteiger partial charge in [0.25, 0.3) is 0 Å². The van der Waals surface area contributed by atoms with Crippen molar-refractivity contribution in [1.29, 1.82) is 0 Å². The molecule has 0 saturated carbocycles. The highest BCUT2D eigenvalue weighted by atomic mass is 16.2. The lowest BCUT2D eigenvalue weighted by Crippen LogP contribution is -2.52. The summed E-state index contributed by atoms with van der Waals surface area (Å²) in [4.78, 5) is 16.8. The number of amides is 1. The number of nitrogens with zero attached hydrogens (tertiary/aromatic N) is 2. The Bertz CT molecular complexity index is 269. The predicted molar refractivity (Wildman–Crippen MR) is 80.2 cm³/mol. The molecule has 0 radical (unpaired) electrons. The molecule has 1 fully saturated rings. The quantitative estimate of drug-likeness (QED) is 0.792. The van der Waals surface area contributed by atoms with E-state index in [1.165, 1.54) is 0 Å². The van der Waals surface area contributed by atoms with E-state index in [1.807, 2.05) is 4.90 Å². The normalized spacial score (nSPS) is 21.1. The van der Waals surface area contributed by atoms with E-state index >= 15 is 0 Å². The minimum absolute atomic E-state index is 0.288. The Labute approximate surface area is 118 Å². The fraction of sp³-hybridized carbons (Fsp3) is 0.933. The van der Waals surface area contributed by atoms with E-state index in [9.17, 15) is 4.79 Å². The van der Waals surface area contributed by atoms with Crippen LogP contribution in [0.2, 0.25) is 0 Å². The zero-order valence-electron chi connectivity index (χ0n) is 13.3. The first kappa shape index (κ1) is 16.4. The lowest BCUT2D eigenvalue weighted by molar-refractivity contribution is -0.133. The van der Waals surface area contributed by atoms with Crippen LogP contribution in [0.4, 0.5) is 0 Å². The summed E-state index contributed by atoms with van der Waals surface area (Å²) in [6, 6.07) is 0.491. The van der Waals surface area contributed by atoms with Crippen molar-refractivity contribution >= 4 is 5.91 Å². The van der Waals surface area contributed by atoms with E-state index in [-0.39, 0.29) is 5.91 Å². The summed E-state index contributed by atoms with van der Waals surface area (Å²) in [5.74, 6) is 1.35. The summed E-state index contributed by atoms with van der Waals surface area (Å²) >= 11 is 0. The van der Waals surface area contributed by atoms with Crippen LogP contribution in [0.1, 0.15) is 34.6 Å². The molecule has 1 atom stereocenters. The standard InChI is InChI=1S/C15H31N3O/c1-12(2)8-18(9-13(3)4)15(19)11-17-7-6-16-14(5)10-17/h12-14,16H,6-11H2,1-5H3/t14-/m1/s1. The van der Waals surface area contributed by atoms with E-state index in [4.69, 9.17) is 0 Å². The molecule has 0 aliphatic carbocycles. The Balaban J connectivity index is 2.50. The Kier molecular flexibility index (Phi) is 6.80. The van der Waals surface area contributed by atoms with Crippen LogP contribution in [-0.2, 0) is 4.79 Å². The Hall–Kier alpha value is -0.610. The average Bonchev–Trinajstić information content (AvgIpc) is 2.26. The number of nitrogens with one attached hydrogen (secondary N) is 1. The van der Waals surface area contributed by atoms with E-state index in [0.717, 1.165) is 32.7 Å². The molecule has 1 saturated heterocycles. The van der Waals surface area contributed by atoms with Gasteiger partial charge in [0, 0.05) is 38.8 Å². The number of hydrogen-bond donors (Lipinski definition) is 1. The van der Waals surface area contributed by atoms with Gasteiger partial charge in [-0.05, 0) is 18.8 Å². The van der Waals surface area contributed by atoms with Crippen molar-refractivity contribution < 1.29 is 4.79 Å². The Morgan fingerprint density at radius 3 is 2.32 bits per heavy atom.